The molecule has 1 aliphatic rings. The zero-order chi connectivity index (χ0) is 10.4. The number of alkyl carbamates (subject to hydrolysis) is 1. The van der Waals surface area contributed by atoms with Crippen LogP contribution in [0.5, 0.6) is 0 Å². The first-order chi connectivity index (χ1) is 6.66. The molecule has 0 aromatic carbocycles. The Morgan fingerprint density at radius 1 is 1.57 bits per heavy atom. The number of rotatable bonds is 4. The number of nitrogens with two attached hydrogens (primary N) is 1. The third kappa shape index (κ3) is 3.38. The Bertz CT molecular complexity index is 222. The van der Waals surface area contributed by atoms with E-state index in [1.807, 2.05) is 13.0 Å². The molecule has 3 N–H and O–H groups in total. The van der Waals surface area contributed by atoms with Gasteiger partial charge in [0, 0.05) is 13.1 Å². The smallest absolute Gasteiger partial charge is 0.407 e. The van der Waals surface area contributed by atoms with Gasteiger partial charge in [0.05, 0.1) is 0 Å². The van der Waals surface area contributed by atoms with Gasteiger partial charge in [-0.2, -0.15) is 0 Å². The normalized spacial score (nSPS) is 19.0. The minimum Gasteiger partial charge on any atom is -0.443 e. The van der Waals surface area contributed by atoms with Crippen LogP contribution >= 0.6 is 0 Å². The van der Waals surface area contributed by atoms with Crippen LogP contribution in [0, 0.1) is 0 Å². The second-order valence-corrected chi connectivity index (χ2v) is 3.78. The van der Waals surface area contributed by atoms with Crippen LogP contribution in [0.3, 0.4) is 0 Å². The van der Waals surface area contributed by atoms with E-state index in [2.05, 4.69) is 5.32 Å². The first-order valence-corrected chi connectivity index (χ1v) is 4.98. The van der Waals surface area contributed by atoms with Gasteiger partial charge in [-0.05, 0) is 26.2 Å². The summed E-state index contributed by atoms with van der Waals surface area (Å²) in [5.74, 6) is 0. The summed E-state index contributed by atoms with van der Waals surface area (Å²) in [5, 5.41) is 2.64. The van der Waals surface area contributed by atoms with Crippen molar-refractivity contribution >= 4 is 6.09 Å². The van der Waals surface area contributed by atoms with E-state index < -0.39 is 0 Å². The second kappa shape index (κ2) is 5.00. The van der Waals surface area contributed by atoms with Gasteiger partial charge < -0.3 is 15.8 Å². The van der Waals surface area contributed by atoms with Crippen LogP contribution < -0.4 is 11.1 Å². The Morgan fingerprint density at radius 3 is 2.79 bits per heavy atom. The molecule has 1 rings (SSSR count). The molecule has 1 fully saturated rings. The fourth-order valence-electron chi connectivity index (χ4n) is 1.36. The van der Waals surface area contributed by atoms with Gasteiger partial charge in [0.1, 0.15) is 5.60 Å². The molecule has 0 saturated heterocycles. The molecule has 0 aromatic heterocycles. The van der Waals surface area contributed by atoms with Crippen LogP contribution in [0.25, 0.3) is 0 Å². The Morgan fingerprint density at radius 2 is 2.29 bits per heavy atom. The van der Waals surface area contributed by atoms with E-state index in [0.29, 0.717) is 13.1 Å². The molecule has 0 aliphatic heterocycles. The average Bonchev–Trinajstić information content (AvgIpc) is 2.10. The average molecular weight is 198 g/mol. The summed E-state index contributed by atoms with van der Waals surface area (Å²) in [5.41, 5.74) is 5.03. The van der Waals surface area contributed by atoms with Crippen molar-refractivity contribution in [3.63, 3.8) is 0 Å². The monoisotopic (exact) mass is 198 g/mol. The lowest BCUT2D eigenvalue weighted by Gasteiger charge is -2.37. The lowest BCUT2D eigenvalue weighted by atomic mass is 9.82. The van der Waals surface area contributed by atoms with Gasteiger partial charge >= 0.3 is 6.09 Å². The van der Waals surface area contributed by atoms with Crippen LogP contribution in [-0.2, 0) is 4.74 Å². The van der Waals surface area contributed by atoms with Crippen LogP contribution in [-0.4, -0.2) is 24.8 Å². The summed E-state index contributed by atoms with van der Waals surface area (Å²) in [6, 6.07) is 0. The molecule has 1 saturated carbocycles. The SMILES string of the molecule is CC1(OC(=O)NC/C=C/CN)CCC1. The molecule has 0 unspecified atom stereocenters. The van der Waals surface area contributed by atoms with Crippen LogP contribution in [0.1, 0.15) is 26.2 Å². The molecule has 4 heteroatoms. The van der Waals surface area contributed by atoms with E-state index in [4.69, 9.17) is 10.5 Å². The van der Waals surface area contributed by atoms with E-state index in [-0.39, 0.29) is 11.7 Å². The zero-order valence-corrected chi connectivity index (χ0v) is 8.58. The van der Waals surface area contributed by atoms with Gasteiger partial charge in [0.25, 0.3) is 0 Å². The summed E-state index contributed by atoms with van der Waals surface area (Å²) >= 11 is 0. The zero-order valence-electron chi connectivity index (χ0n) is 8.58. The van der Waals surface area contributed by atoms with Crippen molar-refractivity contribution in [2.75, 3.05) is 13.1 Å². The van der Waals surface area contributed by atoms with Crippen molar-refractivity contribution < 1.29 is 9.53 Å². The minimum atomic E-state index is -0.339. The second-order valence-electron chi connectivity index (χ2n) is 3.78. The molecule has 4 nitrogen and oxygen atoms in total. The Hall–Kier alpha value is -1.03. The fraction of sp³-hybridized carbons (Fsp3) is 0.700. The number of nitrogens with one attached hydrogen (secondary N) is 1. The van der Waals surface area contributed by atoms with Crippen molar-refractivity contribution in [3.05, 3.63) is 12.2 Å². The summed E-state index contributed by atoms with van der Waals surface area (Å²) in [6.45, 7) is 2.94. The van der Waals surface area contributed by atoms with Crippen molar-refractivity contribution in [1.82, 2.24) is 5.32 Å². The number of hydrogen-bond donors (Lipinski definition) is 2. The van der Waals surface area contributed by atoms with E-state index in [1.165, 1.54) is 0 Å². The van der Waals surface area contributed by atoms with Crippen molar-refractivity contribution in [1.29, 1.82) is 0 Å². The maximum atomic E-state index is 11.2. The summed E-state index contributed by atoms with van der Waals surface area (Å²) in [7, 11) is 0. The first-order valence-electron chi connectivity index (χ1n) is 4.98. The third-order valence-electron chi connectivity index (χ3n) is 2.42. The Balaban J connectivity index is 2.12. The number of ether oxygens (including phenoxy) is 1. The summed E-state index contributed by atoms with van der Waals surface area (Å²) in [4.78, 5) is 11.2. The molecule has 0 atom stereocenters. The van der Waals surface area contributed by atoms with Crippen LogP contribution in [0.15, 0.2) is 12.2 Å². The highest BCUT2D eigenvalue weighted by atomic mass is 16.6. The van der Waals surface area contributed by atoms with E-state index in [0.717, 1.165) is 19.3 Å². The lowest BCUT2D eigenvalue weighted by Crippen LogP contribution is -2.42. The Labute approximate surface area is 84.5 Å². The molecular weight excluding hydrogens is 180 g/mol. The predicted molar refractivity (Wildman–Crippen MR) is 54.9 cm³/mol. The van der Waals surface area contributed by atoms with Crippen molar-refractivity contribution in [2.45, 2.75) is 31.8 Å². The molecule has 0 radical (unpaired) electrons. The number of amides is 1. The third-order valence-corrected chi connectivity index (χ3v) is 2.42. The molecule has 0 spiro atoms. The first kappa shape index (κ1) is 11.0. The van der Waals surface area contributed by atoms with Gasteiger partial charge in [0.15, 0.2) is 0 Å². The van der Waals surface area contributed by atoms with Crippen LogP contribution in [0.4, 0.5) is 4.79 Å². The minimum absolute atomic E-state index is 0.221. The number of carbonyl (C=O) groups is 1. The highest BCUT2D eigenvalue weighted by Gasteiger charge is 2.35. The van der Waals surface area contributed by atoms with Gasteiger partial charge in [-0.25, -0.2) is 4.79 Å². The standard InChI is InChI=1S/C10H18N2O2/c1-10(5-4-6-10)14-9(13)12-8-3-2-7-11/h2-3H,4-8,11H2,1H3,(H,12,13)/b3-2+. The van der Waals surface area contributed by atoms with Crippen molar-refractivity contribution in [2.24, 2.45) is 5.73 Å². The van der Waals surface area contributed by atoms with E-state index in [9.17, 15) is 4.79 Å². The van der Waals surface area contributed by atoms with Gasteiger partial charge in [-0.1, -0.05) is 12.2 Å². The van der Waals surface area contributed by atoms with Crippen LogP contribution in [0.2, 0.25) is 0 Å². The molecule has 0 heterocycles. The van der Waals surface area contributed by atoms with E-state index >= 15 is 0 Å². The fourth-order valence-corrected chi connectivity index (χ4v) is 1.36. The molecule has 1 amide bonds. The molecule has 14 heavy (non-hydrogen) atoms. The highest BCUT2D eigenvalue weighted by Crippen LogP contribution is 2.34. The summed E-state index contributed by atoms with van der Waals surface area (Å²) < 4.78 is 5.24. The quantitative estimate of drug-likeness (QED) is 0.666. The topological polar surface area (TPSA) is 64.3 Å². The van der Waals surface area contributed by atoms with Gasteiger partial charge in [-0.3, -0.25) is 0 Å². The largest absolute Gasteiger partial charge is 0.443 e. The Kier molecular flexibility index (Phi) is 3.95. The van der Waals surface area contributed by atoms with Gasteiger partial charge in [0.2, 0.25) is 0 Å². The molecule has 1 aliphatic carbocycles. The maximum absolute atomic E-state index is 11.2. The highest BCUT2D eigenvalue weighted by molar-refractivity contribution is 5.68. The number of hydrogen-bond acceptors (Lipinski definition) is 3. The molecule has 0 bridgehead atoms. The predicted octanol–water partition coefficient (Wildman–Crippen LogP) is 1.17. The molecule has 0 aromatic rings. The molecular formula is C10H18N2O2. The van der Waals surface area contributed by atoms with Gasteiger partial charge in [-0.15, -0.1) is 0 Å². The maximum Gasteiger partial charge on any atom is 0.407 e. The molecule has 80 valence electrons. The lowest BCUT2D eigenvalue weighted by molar-refractivity contribution is -0.0317. The van der Waals surface area contributed by atoms with E-state index in [1.54, 1.807) is 6.08 Å². The summed E-state index contributed by atoms with van der Waals surface area (Å²) in [6.07, 6.45) is 6.36. The number of carbonyl (C=O) groups excluding carboxylic acids is 1. The van der Waals surface area contributed by atoms with Crippen molar-refractivity contribution in [3.8, 4) is 0 Å².